The van der Waals surface area contributed by atoms with Crippen LogP contribution in [0, 0.1) is 6.92 Å². The van der Waals surface area contributed by atoms with Crippen molar-refractivity contribution in [3.8, 4) is 0 Å². The zero-order chi connectivity index (χ0) is 13.1. The number of hydrogen-bond donors (Lipinski definition) is 2. The standard InChI is InChI=1S/C12H12ClN3OS/c1-7-4-8(13)2-3-9(7)16-12(17)10-6-18-11(5-14)15-10/h2-4,6H,5,14H2,1H3,(H,16,17). The van der Waals surface area contributed by atoms with Gasteiger partial charge in [-0.3, -0.25) is 4.79 Å². The molecule has 2 rings (SSSR count). The number of aryl methyl sites for hydroxylation is 1. The molecule has 0 radical (unpaired) electrons. The van der Waals surface area contributed by atoms with Crippen LogP contribution in [-0.2, 0) is 6.54 Å². The van der Waals surface area contributed by atoms with Crippen LogP contribution >= 0.6 is 22.9 Å². The highest BCUT2D eigenvalue weighted by atomic mass is 35.5. The van der Waals surface area contributed by atoms with Crippen LogP contribution in [0.25, 0.3) is 0 Å². The molecule has 0 aliphatic rings. The van der Waals surface area contributed by atoms with Crippen molar-refractivity contribution in [3.05, 3.63) is 44.9 Å². The first-order valence-electron chi connectivity index (χ1n) is 5.32. The number of hydrogen-bond acceptors (Lipinski definition) is 4. The second-order valence-electron chi connectivity index (χ2n) is 3.74. The minimum Gasteiger partial charge on any atom is -0.325 e. The predicted molar refractivity (Wildman–Crippen MR) is 74.1 cm³/mol. The first kappa shape index (κ1) is 13.0. The lowest BCUT2D eigenvalue weighted by Gasteiger charge is -2.07. The lowest BCUT2D eigenvalue weighted by atomic mass is 10.2. The first-order chi connectivity index (χ1) is 8.60. The summed E-state index contributed by atoms with van der Waals surface area (Å²) in [6.45, 7) is 2.23. The zero-order valence-electron chi connectivity index (χ0n) is 9.74. The van der Waals surface area contributed by atoms with Crippen LogP contribution in [0.2, 0.25) is 5.02 Å². The predicted octanol–water partition coefficient (Wildman–Crippen LogP) is 2.82. The Morgan fingerprint density at radius 2 is 2.33 bits per heavy atom. The Kier molecular flexibility index (Phi) is 3.96. The van der Waals surface area contributed by atoms with Gasteiger partial charge in [0.2, 0.25) is 0 Å². The largest absolute Gasteiger partial charge is 0.325 e. The second-order valence-corrected chi connectivity index (χ2v) is 5.12. The molecule has 6 heteroatoms. The molecule has 94 valence electrons. The Bertz CT molecular complexity index is 582. The average Bonchev–Trinajstić information content (AvgIpc) is 2.81. The summed E-state index contributed by atoms with van der Waals surface area (Å²) in [5.41, 5.74) is 7.48. The number of anilines is 1. The number of thiazole rings is 1. The Morgan fingerprint density at radius 3 is 2.94 bits per heavy atom. The number of aromatic nitrogens is 1. The van der Waals surface area contributed by atoms with Crippen molar-refractivity contribution in [3.63, 3.8) is 0 Å². The Morgan fingerprint density at radius 1 is 1.56 bits per heavy atom. The van der Waals surface area contributed by atoms with Crippen molar-refractivity contribution < 1.29 is 4.79 Å². The Labute approximate surface area is 114 Å². The molecule has 0 fully saturated rings. The van der Waals surface area contributed by atoms with E-state index in [9.17, 15) is 4.79 Å². The van der Waals surface area contributed by atoms with Gasteiger partial charge >= 0.3 is 0 Å². The Balaban J connectivity index is 2.16. The SMILES string of the molecule is Cc1cc(Cl)ccc1NC(=O)c1csc(CN)n1. The second kappa shape index (κ2) is 5.48. The molecule has 1 aromatic heterocycles. The third-order valence-corrected chi connectivity index (χ3v) is 3.50. The monoisotopic (exact) mass is 281 g/mol. The van der Waals surface area contributed by atoms with Crippen molar-refractivity contribution in [2.24, 2.45) is 5.73 Å². The van der Waals surface area contributed by atoms with Gasteiger partial charge in [0, 0.05) is 22.6 Å². The summed E-state index contributed by atoms with van der Waals surface area (Å²) in [7, 11) is 0. The third kappa shape index (κ3) is 2.87. The van der Waals surface area contributed by atoms with E-state index < -0.39 is 0 Å². The van der Waals surface area contributed by atoms with Gasteiger partial charge in [-0.1, -0.05) is 11.6 Å². The van der Waals surface area contributed by atoms with Crippen LogP contribution in [0.1, 0.15) is 21.1 Å². The van der Waals surface area contributed by atoms with Gasteiger partial charge in [-0.15, -0.1) is 11.3 Å². The summed E-state index contributed by atoms with van der Waals surface area (Å²) >= 11 is 7.23. The molecule has 3 N–H and O–H groups in total. The fourth-order valence-corrected chi connectivity index (χ4v) is 2.34. The summed E-state index contributed by atoms with van der Waals surface area (Å²) in [6.07, 6.45) is 0. The lowest BCUT2D eigenvalue weighted by Crippen LogP contribution is -2.13. The molecule has 0 aliphatic heterocycles. The minimum atomic E-state index is -0.239. The summed E-state index contributed by atoms with van der Waals surface area (Å²) < 4.78 is 0. The quantitative estimate of drug-likeness (QED) is 0.909. The van der Waals surface area contributed by atoms with E-state index >= 15 is 0 Å². The zero-order valence-corrected chi connectivity index (χ0v) is 11.3. The summed E-state index contributed by atoms with van der Waals surface area (Å²) in [5, 5.41) is 5.88. The molecule has 0 saturated heterocycles. The molecule has 0 aliphatic carbocycles. The van der Waals surface area contributed by atoms with Crippen LogP contribution in [-0.4, -0.2) is 10.9 Å². The molecule has 18 heavy (non-hydrogen) atoms. The van der Waals surface area contributed by atoms with Crippen molar-refractivity contribution >= 4 is 34.5 Å². The van der Waals surface area contributed by atoms with E-state index in [-0.39, 0.29) is 5.91 Å². The molecular formula is C12H12ClN3OS. The molecule has 1 heterocycles. The molecule has 4 nitrogen and oxygen atoms in total. The van der Waals surface area contributed by atoms with Gasteiger partial charge in [0.25, 0.3) is 5.91 Å². The average molecular weight is 282 g/mol. The lowest BCUT2D eigenvalue weighted by molar-refractivity contribution is 0.102. The Hall–Kier alpha value is -1.43. The van der Waals surface area contributed by atoms with E-state index in [4.69, 9.17) is 17.3 Å². The molecule has 1 amide bonds. The van der Waals surface area contributed by atoms with Gasteiger partial charge in [0.1, 0.15) is 10.7 Å². The number of benzene rings is 1. The molecule has 0 spiro atoms. The van der Waals surface area contributed by atoms with Crippen molar-refractivity contribution in [1.82, 2.24) is 4.98 Å². The molecule has 0 bridgehead atoms. The van der Waals surface area contributed by atoms with E-state index in [1.807, 2.05) is 6.92 Å². The normalized spacial score (nSPS) is 10.4. The number of carbonyl (C=O) groups excluding carboxylic acids is 1. The van der Waals surface area contributed by atoms with Gasteiger partial charge in [-0.25, -0.2) is 4.98 Å². The maximum atomic E-state index is 11.9. The highest BCUT2D eigenvalue weighted by molar-refractivity contribution is 7.09. The highest BCUT2D eigenvalue weighted by Crippen LogP contribution is 2.20. The summed E-state index contributed by atoms with van der Waals surface area (Å²) in [4.78, 5) is 16.1. The maximum Gasteiger partial charge on any atom is 0.275 e. The van der Waals surface area contributed by atoms with Crippen molar-refractivity contribution in [2.75, 3.05) is 5.32 Å². The summed E-state index contributed by atoms with van der Waals surface area (Å²) in [5.74, 6) is -0.239. The van der Waals surface area contributed by atoms with Gasteiger partial charge in [0.15, 0.2) is 0 Å². The van der Waals surface area contributed by atoms with Crippen LogP contribution in [0.4, 0.5) is 5.69 Å². The van der Waals surface area contributed by atoms with E-state index in [0.29, 0.717) is 17.3 Å². The molecule has 1 aromatic carbocycles. The van der Waals surface area contributed by atoms with Gasteiger partial charge < -0.3 is 11.1 Å². The van der Waals surface area contributed by atoms with Gasteiger partial charge in [-0.2, -0.15) is 0 Å². The number of nitrogens with one attached hydrogen (secondary N) is 1. The van der Waals surface area contributed by atoms with E-state index in [2.05, 4.69) is 10.3 Å². The molecular weight excluding hydrogens is 270 g/mol. The van der Waals surface area contributed by atoms with Crippen LogP contribution in [0.15, 0.2) is 23.6 Å². The van der Waals surface area contributed by atoms with Gasteiger partial charge in [0.05, 0.1) is 0 Å². The highest BCUT2D eigenvalue weighted by Gasteiger charge is 2.11. The number of amides is 1. The topological polar surface area (TPSA) is 68.0 Å². The van der Waals surface area contributed by atoms with Gasteiger partial charge in [-0.05, 0) is 30.7 Å². The molecule has 0 saturated carbocycles. The van der Waals surface area contributed by atoms with E-state index in [1.54, 1.807) is 23.6 Å². The minimum absolute atomic E-state index is 0.239. The number of nitrogens with zero attached hydrogens (tertiary/aromatic N) is 1. The molecule has 2 aromatic rings. The van der Waals surface area contributed by atoms with E-state index in [0.717, 1.165) is 16.3 Å². The van der Waals surface area contributed by atoms with Crippen LogP contribution < -0.4 is 11.1 Å². The fourth-order valence-electron chi connectivity index (χ4n) is 1.46. The summed E-state index contributed by atoms with van der Waals surface area (Å²) in [6, 6.07) is 5.30. The van der Waals surface area contributed by atoms with Crippen molar-refractivity contribution in [2.45, 2.75) is 13.5 Å². The number of rotatable bonds is 3. The smallest absolute Gasteiger partial charge is 0.275 e. The maximum absolute atomic E-state index is 11.9. The van der Waals surface area contributed by atoms with E-state index in [1.165, 1.54) is 11.3 Å². The molecule has 0 unspecified atom stereocenters. The number of nitrogens with two attached hydrogens (primary N) is 1. The fraction of sp³-hybridized carbons (Fsp3) is 0.167. The first-order valence-corrected chi connectivity index (χ1v) is 6.58. The van der Waals surface area contributed by atoms with Crippen LogP contribution in [0.5, 0.6) is 0 Å². The van der Waals surface area contributed by atoms with Crippen LogP contribution in [0.3, 0.4) is 0 Å². The van der Waals surface area contributed by atoms with Crippen molar-refractivity contribution in [1.29, 1.82) is 0 Å². The number of halogens is 1. The third-order valence-electron chi connectivity index (χ3n) is 2.40. The molecule has 0 atom stereocenters. The number of carbonyl (C=O) groups is 1.